The summed E-state index contributed by atoms with van der Waals surface area (Å²) in [5, 5.41) is 3.31. The van der Waals surface area contributed by atoms with Gasteiger partial charge in [0.2, 0.25) is 0 Å². The van der Waals surface area contributed by atoms with Crippen molar-refractivity contribution in [1.82, 2.24) is 9.29 Å². The summed E-state index contributed by atoms with van der Waals surface area (Å²) in [7, 11) is -0.581. The van der Waals surface area contributed by atoms with Crippen LogP contribution in [-0.2, 0) is 16.6 Å². The molecule has 1 aromatic carbocycles. The van der Waals surface area contributed by atoms with Crippen molar-refractivity contribution in [1.29, 1.82) is 0 Å². The van der Waals surface area contributed by atoms with E-state index in [2.05, 4.69) is 28.0 Å². The Morgan fingerprint density at radius 2 is 1.91 bits per heavy atom. The van der Waals surface area contributed by atoms with Gasteiger partial charge in [-0.05, 0) is 36.6 Å². The van der Waals surface area contributed by atoms with Crippen LogP contribution in [0.15, 0.2) is 36.5 Å². The number of nitrogens with one attached hydrogen (secondary N) is 2. The van der Waals surface area contributed by atoms with Gasteiger partial charge in [-0.2, -0.15) is 12.7 Å². The first-order valence-corrected chi connectivity index (χ1v) is 8.79. The predicted molar refractivity (Wildman–Crippen MR) is 94.3 cm³/mol. The van der Waals surface area contributed by atoms with Crippen LogP contribution in [0, 0.1) is 6.92 Å². The minimum absolute atomic E-state index is 0.421. The normalized spacial score (nSPS) is 11.5. The van der Waals surface area contributed by atoms with Crippen LogP contribution < -0.4 is 10.0 Å². The highest BCUT2D eigenvalue weighted by atomic mass is 32.2. The third-order valence-corrected chi connectivity index (χ3v) is 4.94. The average molecular weight is 334 g/mol. The number of aromatic nitrogens is 1. The predicted octanol–water partition coefficient (Wildman–Crippen LogP) is 2.91. The summed E-state index contributed by atoms with van der Waals surface area (Å²) in [5.41, 5.74) is 3.82. The standard InChI is InChI=1S/C16H22N4O2S/c1-5-13-8-6-7-12(2)16(13)18-15-10-9-14(11-17-15)19-23(21,22)20(3)4/h6-11,19H,5H2,1-4H3,(H,17,18). The number of hydrogen-bond acceptors (Lipinski definition) is 4. The zero-order chi connectivity index (χ0) is 17.0. The van der Waals surface area contributed by atoms with E-state index in [-0.39, 0.29) is 0 Å². The molecule has 23 heavy (non-hydrogen) atoms. The van der Waals surface area contributed by atoms with Gasteiger partial charge in [0.25, 0.3) is 0 Å². The van der Waals surface area contributed by atoms with Gasteiger partial charge >= 0.3 is 10.2 Å². The molecule has 0 aliphatic carbocycles. The van der Waals surface area contributed by atoms with Gasteiger partial charge in [-0.3, -0.25) is 4.72 Å². The van der Waals surface area contributed by atoms with Gasteiger partial charge in [-0.1, -0.05) is 25.1 Å². The minimum Gasteiger partial charge on any atom is -0.340 e. The maximum Gasteiger partial charge on any atom is 0.301 e. The van der Waals surface area contributed by atoms with E-state index in [1.165, 1.54) is 25.9 Å². The zero-order valence-electron chi connectivity index (χ0n) is 13.8. The number of anilines is 3. The molecule has 0 amide bonds. The van der Waals surface area contributed by atoms with Gasteiger partial charge in [0.05, 0.1) is 11.9 Å². The first kappa shape index (κ1) is 17.2. The van der Waals surface area contributed by atoms with Crippen molar-refractivity contribution in [2.75, 3.05) is 24.1 Å². The first-order chi connectivity index (χ1) is 10.8. The molecule has 0 radical (unpaired) electrons. The summed E-state index contributed by atoms with van der Waals surface area (Å²) in [6.45, 7) is 4.15. The van der Waals surface area contributed by atoms with Crippen LogP contribution in [0.4, 0.5) is 17.2 Å². The Morgan fingerprint density at radius 3 is 2.48 bits per heavy atom. The number of pyridine rings is 1. The van der Waals surface area contributed by atoms with E-state index in [9.17, 15) is 8.42 Å². The molecule has 0 unspecified atom stereocenters. The van der Waals surface area contributed by atoms with E-state index in [0.29, 0.717) is 11.5 Å². The van der Waals surface area contributed by atoms with Crippen LogP contribution in [0.1, 0.15) is 18.1 Å². The van der Waals surface area contributed by atoms with Crippen molar-refractivity contribution in [2.45, 2.75) is 20.3 Å². The topological polar surface area (TPSA) is 74.3 Å². The largest absolute Gasteiger partial charge is 0.340 e. The molecule has 6 nitrogen and oxygen atoms in total. The smallest absolute Gasteiger partial charge is 0.301 e. The Balaban J connectivity index is 2.18. The van der Waals surface area contributed by atoms with Crippen LogP contribution in [0.5, 0.6) is 0 Å². The molecule has 0 saturated carbocycles. The maximum atomic E-state index is 11.8. The monoisotopic (exact) mass is 334 g/mol. The molecule has 2 aromatic rings. The second-order valence-electron chi connectivity index (χ2n) is 5.41. The highest BCUT2D eigenvalue weighted by molar-refractivity contribution is 7.90. The lowest BCUT2D eigenvalue weighted by Gasteiger charge is -2.15. The van der Waals surface area contributed by atoms with E-state index in [0.717, 1.165) is 22.0 Å². The van der Waals surface area contributed by atoms with Crippen LogP contribution in [0.3, 0.4) is 0 Å². The molecule has 2 rings (SSSR count). The number of rotatable bonds is 6. The second kappa shape index (κ2) is 6.97. The molecule has 7 heteroatoms. The molecule has 124 valence electrons. The molecule has 0 aliphatic rings. The lowest BCUT2D eigenvalue weighted by molar-refractivity contribution is 0.527. The Labute approximate surface area is 137 Å². The van der Waals surface area contributed by atoms with Gasteiger partial charge in [-0.15, -0.1) is 0 Å². The van der Waals surface area contributed by atoms with Crippen molar-refractivity contribution in [3.05, 3.63) is 47.7 Å². The molecule has 0 spiro atoms. The summed E-state index contributed by atoms with van der Waals surface area (Å²) >= 11 is 0. The molecular formula is C16H22N4O2S. The van der Waals surface area contributed by atoms with Crippen LogP contribution >= 0.6 is 0 Å². The third kappa shape index (κ3) is 4.20. The van der Waals surface area contributed by atoms with E-state index >= 15 is 0 Å². The van der Waals surface area contributed by atoms with E-state index in [4.69, 9.17) is 0 Å². The van der Waals surface area contributed by atoms with E-state index < -0.39 is 10.2 Å². The highest BCUT2D eigenvalue weighted by Crippen LogP contribution is 2.25. The summed E-state index contributed by atoms with van der Waals surface area (Å²) in [6.07, 6.45) is 2.41. The summed E-state index contributed by atoms with van der Waals surface area (Å²) < 4.78 is 27.1. The number of nitrogens with zero attached hydrogens (tertiary/aromatic N) is 2. The first-order valence-electron chi connectivity index (χ1n) is 7.35. The van der Waals surface area contributed by atoms with Gasteiger partial charge < -0.3 is 5.32 Å². The fourth-order valence-corrected chi connectivity index (χ4v) is 2.70. The minimum atomic E-state index is -3.52. The van der Waals surface area contributed by atoms with Gasteiger partial charge in [0.15, 0.2) is 0 Å². The summed E-state index contributed by atoms with van der Waals surface area (Å²) in [6, 6.07) is 9.58. The molecule has 2 N–H and O–H groups in total. The Bertz CT molecular complexity index is 771. The molecule has 0 fully saturated rings. The lowest BCUT2D eigenvalue weighted by Crippen LogP contribution is -2.28. The molecule has 0 aliphatic heterocycles. The van der Waals surface area contributed by atoms with Crippen molar-refractivity contribution >= 4 is 27.4 Å². The molecule has 1 aromatic heterocycles. The molecular weight excluding hydrogens is 312 g/mol. The van der Waals surface area contributed by atoms with Crippen molar-refractivity contribution in [3.63, 3.8) is 0 Å². The number of para-hydroxylation sites is 1. The average Bonchev–Trinajstić information content (AvgIpc) is 2.50. The Morgan fingerprint density at radius 1 is 1.17 bits per heavy atom. The van der Waals surface area contributed by atoms with Crippen molar-refractivity contribution in [3.8, 4) is 0 Å². The number of benzene rings is 1. The second-order valence-corrected chi connectivity index (χ2v) is 7.29. The fraction of sp³-hybridized carbons (Fsp3) is 0.312. The summed E-state index contributed by atoms with van der Waals surface area (Å²) in [4.78, 5) is 4.28. The Kier molecular flexibility index (Phi) is 5.23. The van der Waals surface area contributed by atoms with Crippen LogP contribution in [0.2, 0.25) is 0 Å². The van der Waals surface area contributed by atoms with Gasteiger partial charge in [0, 0.05) is 19.8 Å². The number of hydrogen-bond donors (Lipinski definition) is 2. The van der Waals surface area contributed by atoms with Crippen molar-refractivity contribution in [2.24, 2.45) is 0 Å². The maximum absolute atomic E-state index is 11.8. The molecule has 0 saturated heterocycles. The lowest BCUT2D eigenvalue weighted by atomic mass is 10.1. The molecule has 0 bridgehead atoms. The van der Waals surface area contributed by atoms with Crippen LogP contribution in [-0.4, -0.2) is 31.8 Å². The van der Waals surface area contributed by atoms with Crippen LogP contribution in [0.25, 0.3) is 0 Å². The summed E-state index contributed by atoms with van der Waals surface area (Å²) in [5.74, 6) is 0.668. The van der Waals surface area contributed by atoms with Gasteiger partial charge in [0.1, 0.15) is 5.82 Å². The van der Waals surface area contributed by atoms with Gasteiger partial charge in [-0.25, -0.2) is 4.98 Å². The quantitative estimate of drug-likeness (QED) is 0.852. The fourth-order valence-electron chi connectivity index (χ4n) is 2.10. The van der Waals surface area contributed by atoms with E-state index in [1.54, 1.807) is 12.1 Å². The Hall–Kier alpha value is -2.12. The zero-order valence-corrected chi connectivity index (χ0v) is 14.6. The third-order valence-electron chi connectivity index (χ3n) is 3.48. The SMILES string of the molecule is CCc1cccc(C)c1Nc1ccc(NS(=O)(=O)N(C)C)cn1. The highest BCUT2D eigenvalue weighted by Gasteiger charge is 2.13. The molecule has 0 atom stereocenters. The van der Waals surface area contributed by atoms with E-state index in [1.807, 2.05) is 19.1 Å². The number of aryl methyl sites for hydroxylation is 2. The van der Waals surface area contributed by atoms with Crippen molar-refractivity contribution < 1.29 is 8.42 Å². The molecule has 1 heterocycles.